The van der Waals surface area contributed by atoms with Crippen molar-refractivity contribution < 1.29 is 0 Å². The number of aromatic amines is 1. The molecule has 0 saturated heterocycles. The molecule has 0 saturated carbocycles. The van der Waals surface area contributed by atoms with Crippen molar-refractivity contribution in [1.29, 1.82) is 0 Å². The average Bonchev–Trinajstić information content (AvgIpc) is 2.72. The number of pyridine rings is 1. The second-order valence-electron chi connectivity index (χ2n) is 3.60. The van der Waals surface area contributed by atoms with Crippen molar-refractivity contribution in [3.63, 3.8) is 0 Å². The Labute approximate surface area is 111 Å². The second kappa shape index (κ2) is 4.13. The van der Waals surface area contributed by atoms with Crippen LogP contribution < -0.4 is 0 Å². The molecule has 2 heterocycles. The van der Waals surface area contributed by atoms with Crippen LogP contribution in [0.25, 0.3) is 22.4 Å². The van der Waals surface area contributed by atoms with Crippen LogP contribution in [0.3, 0.4) is 0 Å². The number of imidazole rings is 1. The number of aromatic nitrogens is 3. The Hall–Kier alpha value is -1.39. The van der Waals surface area contributed by atoms with Crippen LogP contribution in [0.5, 0.6) is 0 Å². The molecule has 1 aromatic carbocycles. The predicted octanol–water partition coefficient (Wildman–Crippen LogP) is 4.04. The first-order valence-corrected chi connectivity index (χ1v) is 6.16. The van der Waals surface area contributed by atoms with Crippen molar-refractivity contribution in [1.82, 2.24) is 15.0 Å². The molecule has 3 nitrogen and oxygen atoms in total. The third-order valence-corrected chi connectivity index (χ3v) is 3.27. The lowest BCUT2D eigenvalue weighted by atomic mass is 10.2. The Balaban J connectivity index is 2.22. The number of H-pyrrole nitrogens is 1. The van der Waals surface area contributed by atoms with Crippen molar-refractivity contribution >= 4 is 38.6 Å². The van der Waals surface area contributed by atoms with E-state index in [1.54, 1.807) is 12.4 Å². The maximum absolute atomic E-state index is 6.09. The number of halogens is 2. The van der Waals surface area contributed by atoms with Crippen LogP contribution in [0, 0.1) is 0 Å². The number of rotatable bonds is 1. The Morgan fingerprint density at radius 3 is 2.94 bits per heavy atom. The van der Waals surface area contributed by atoms with E-state index in [2.05, 4.69) is 30.9 Å². The van der Waals surface area contributed by atoms with Gasteiger partial charge in [-0.05, 0) is 24.3 Å². The normalized spacial score (nSPS) is 10.9. The molecular weight excluding hydrogens is 302 g/mol. The number of fused-ring (bicyclic) bond motifs is 1. The molecular formula is C12H7BrClN3. The highest BCUT2D eigenvalue weighted by molar-refractivity contribution is 9.10. The number of hydrogen-bond acceptors (Lipinski definition) is 2. The van der Waals surface area contributed by atoms with Gasteiger partial charge in [0.2, 0.25) is 0 Å². The molecule has 0 bridgehead atoms. The maximum atomic E-state index is 6.09. The molecule has 0 amide bonds. The van der Waals surface area contributed by atoms with Gasteiger partial charge in [-0.2, -0.15) is 0 Å². The number of hydrogen-bond donors (Lipinski definition) is 1. The summed E-state index contributed by atoms with van der Waals surface area (Å²) >= 11 is 9.51. The van der Waals surface area contributed by atoms with Gasteiger partial charge >= 0.3 is 0 Å². The highest BCUT2D eigenvalue weighted by atomic mass is 79.9. The summed E-state index contributed by atoms with van der Waals surface area (Å²) in [5.41, 5.74) is 2.74. The Morgan fingerprint density at radius 1 is 1.24 bits per heavy atom. The number of benzene rings is 1. The molecule has 17 heavy (non-hydrogen) atoms. The van der Waals surface area contributed by atoms with E-state index in [1.807, 2.05) is 24.3 Å². The molecule has 0 fully saturated rings. The van der Waals surface area contributed by atoms with Gasteiger partial charge in [-0.15, -0.1) is 0 Å². The predicted molar refractivity (Wildman–Crippen MR) is 72.0 cm³/mol. The van der Waals surface area contributed by atoms with Crippen LogP contribution in [-0.4, -0.2) is 15.0 Å². The zero-order valence-electron chi connectivity index (χ0n) is 8.61. The first kappa shape index (κ1) is 10.7. The summed E-state index contributed by atoms with van der Waals surface area (Å²) < 4.78 is 1.01. The zero-order valence-corrected chi connectivity index (χ0v) is 11.0. The van der Waals surface area contributed by atoms with Gasteiger partial charge in [-0.1, -0.05) is 27.5 Å². The van der Waals surface area contributed by atoms with Crippen molar-refractivity contribution in [2.75, 3.05) is 0 Å². The molecule has 5 heteroatoms. The Kier molecular flexibility index (Phi) is 2.61. The highest BCUT2D eigenvalue weighted by Crippen LogP contribution is 2.27. The van der Waals surface area contributed by atoms with E-state index in [0.29, 0.717) is 5.02 Å². The Morgan fingerprint density at radius 2 is 2.12 bits per heavy atom. The summed E-state index contributed by atoms with van der Waals surface area (Å²) in [6.45, 7) is 0. The maximum Gasteiger partial charge on any atom is 0.140 e. The molecule has 84 valence electrons. The van der Waals surface area contributed by atoms with Crippen molar-refractivity contribution in [2.24, 2.45) is 0 Å². The van der Waals surface area contributed by atoms with Gasteiger partial charge in [0.1, 0.15) is 5.82 Å². The fourth-order valence-corrected chi connectivity index (χ4v) is 2.25. The van der Waals surface area contributed by atoms with E-state index in [0.717, 1.165) is 26.9 Å². The lowest BCUT2D eigenvalue weighted by Crippen LogP contribution is -1.82. The molecule has 0 atom stereocenters. The van der Waals surface area contributed by atoms with Crippen LogP contribution in [0.2, 0.25) is 5.02 Å². The first-order chi connectivity index (χ1) is 8.24. The van der Waals surface area contributed by atoms with Gasteiger partial charge in [0.15, 0.2) is 0 Å². The minimum absolute atomic E-state index is 0.589. The molecule has 0 aliphatic carbocycles. The van der Waals surface area contributed by atoms with Gasteiger partial charge in [-0.25, -0.2) is 4.98 Å². The minimum Gasteiger partial charge on any atom is -0.338 e. The van der Waals surface area contributed by atoms with E-state index in [-0.39, 0.29) is 0 Å². The van der Waals surface area contributed by atoms with Crippen molar-refractivity contribution in [3.05, 3.63) is 46.2 Å². The van der Waals surface area contributed by atoms with E-state index < -0.39 is 0 Å². The number of nitrogens with one attached hydrogen (secondary N) is 1. The Bertz CT molecular complexity index is 693. The fraction of sp³-hybridized carbons (Fsp3) is 0. The van der Waals surface area contributed by atoms with Gasteiger partial charge in [0.05, 0.1) is 16.1 Å². The molecule has 3 rings (SSSR count). The quantitative estimate of drug-likeness (QED) is 0.737. The van der Waals surface area contributed by atoms with E-state index in [1.165, 1.54) is 0 Å². The van der Waals surface area contributed by atoms with Crippen LogP contribution in [0.4, 0.5) is 0 Å². The van der Waals surface area contributed by atoms with Gasteiger partial charge in [0.25, 0.3) is 0 Å². The molecule has 0 unspecified atom stereocenters. The number of nitrogens with zero attached hydrogens (tertiary/aromatic N) is 2. The van der Waals surface area contributed by atoms with Crippen molar-refractivity contribution in [3.8, 4) is 11.4 Å². The first-order valence-electron chi connectivity index (χ1n) is 4.99. The smallest absolute Gasteiger partial charge is 0.140 e. The SMILES string of the molecule is Clc1cnccc1-c1nc2ccc(Br)cc2[nH]1. The molecule has 2 aromatic heterocycles. The van der Waals surface area contributed by atoms with Gasteiger partial charge < -0.3 is 4.98 Å². The van der Waals surface area contributed by atoms with Gasteiger partial charge in [0, 0.05) is 22.4 Å². The molecule has 3 aromatic rings. The standard InChI is InChI=1S/C12H7BrClN3/c13-7-1-2-10-11(5-7)17-12(16-10)8-3-4-15-6-9(8)14/h1-6H,(H,16,17). The van der Waals surface area contributed by atoms with E-state index in [4.69, 9.17) is 11.6 Å². The van der Waals surface area contributed by atoms with Crippen LogP contribution in [-0.2, 0) is 0 Å². The van der Waals surface area contributed by atoms with E-state index >= 15 is 0 Å². The monoisotopic (exact) mass is 307 g/mol. The summed E-state index contributed by atoms with van der Waals surface area (Å²) in [5, 5.41) is 0.589. The molecule has 0 spiro atoms. The third kappa shape index (κ3) is 1.94. The van der Waals surface area contributed by atoms with Crippen LogP contribution >= 0.6 is 27.5 Å². The van der Waals surface area contributed by atoms with Crippen LogP contribution in [0.15, 0.2) is 41.1 Å². The second-order valence-corrected chi connectivity index (χ2v) is 4.93. The average molecular weight is 309 g/mol. The fourth-order valence-electron chi connectivity index (χ4n) is 1.68. The largest absolute Gasteiger partial charge is 0.338 e. The summed E-state index contributed by atoms with van der Waals surface area (Å²) in [6.07, 6.45) is 3.31. The molecule has 0 radical (unpaired) electrons. The topological polar surface area (TPSA) is 41.6 Å². The van der Waals surface area contributed by atoms with Crippen LogP contribution in [0.1, 0.15) is 0 Å². The van der Waals surface area contributed by atoms with Gasteiger partial charge in [-0.3, -0.25) is 4.98 Å². The summed E-state index contributed by atoms with van der Waals surface area (Å²) in [6, 6.07) is 7.74. The molecule has 1 N–H and O–H groups in total. The third-order valence-electron chi connectivity index (χ3n) is 2.47. The molecule has 0 aliphatic heterocycles. The summed E-state index contributed by atoms with van der Waals surface area (Å²) in [7, 11) is 0. The lowest BCUT2D eigenvalue weighted by Gasteiger charge is -1.97. The zero-order chi connectivity index (χ0) is 11.8. The highest BCUT2D eigenvalue weighted by Gasteiger charge is 2.08. The summed E-state index contributed by atoms with van der Waals surface area (Å²) in [4.78, 5) is 11.7. The van der Waals surface area contributed by atoms with E-state index in [9.17, 15) is 0 Å². The summed E-state index contributed by atoms with van der Waals surface area (Å²) in [5.74, 6) is 0.755. The molecule has 0 aliphatic rings. The van der Waals surface area contributed by atoms with Crippen molar-refractivity contribution in [2.45, 2.75) is 0 Å². The minimum atomic E-state index is 0.589. The lowest BCUT2D eigenvalue weighted by molar-refractivity contribution is 1.28.